The van der Waals surface area contributed by atoms with Gasteiger partial charge in [0.1, 0.15) is 18.9 Å². The predicted octanol–water partition coefficient (Wildman–Crippen LogP) is 1.16. The van der Waals surface area contributed by atoms with Gasteiger partial charge in [-0.05, 0) is 32.1 Å². The summed E-state index contributed by atoms with van der Waals surface area (Å²) in [6, 6.07) is 1.82. The van der Waals surface area contributed by atoms with Gasteiger partial charge in [-0.25, -0.2) is 9.67 Å². The van der Waals surface area contributed by atoms with E-state index in [0.29, 0.717) is 6.54 Å². The zero-order valence-corrected chi connectivity index (χ0v) is 10.8. The molecular formula is C13H17N5O. The molecule has 1 amide bonds. The van der Waals surface area contributed by atoms with Crippen molar-refractivity contribution in [2.24, 2.45) is 0 Å². The Kier molecular flexibility index (Phi) is 4.67. The van der Waals surface area contributed by atoms with E-state index in [-0.39, 0.29) is 18.3 Å². The summed E-state index contributed by atoms with van der Waals surface area (Å²) >= 11 is 0. The van der Waals surface area contributed by atoms with Gasteiger partial charge in [0.25, 0.3) is 5.82 Å². The van der Waals surface area contributed by atoms with E-state index < -0.39 is 0 Å². The van der Waals surface area contributed by atoms with Gasteiger partial charge in [0.15, 0.2) is 0 Å². The normalized spacial score (nSPS) is 14.6. The van der Waals surface area contributed by atoms with Crippen LogP contribution in [0, 0.1) is 11.3 Å². The zero-order chi connectivity index (χ0) is 13.5. The molecule has 0 aliphatic heterocycles. The van der Waals surface area contributed by atoms with Gasteiger partial charge < -0.3 is 5.32 Å². The predicted molar refractivity (Wildman–Crippen MR) is 68.9 cm³/mol. The van der Waals surface area contributed by atoms with Gasteiger partial charge in [-0.2, -0.15) is 5.26 Å². The molecule has 0 unspecified atom stereocenters. The lowest BCUT2D eigenvalue weighted by Gasteiger charge is -2.12. The van der Waals surface area contributed by atoms with E-state index in [9.17, 15) is 4.79 Å². The summed E-state index contributed by atoms with van der Waals surface area (Å²) in [4.78, 5) is 15.4. The van der Waals surface area contributed by atoms with Gasteiger partial charge in [-0.1, -0.05) is 11.6 Å². The standard InChI is InChI=1S/C13H17N5O/c14-8-12-16-10-18(17-12)9-13(19)15-7-6-11-4-2-1-3-5-11/h4,10H,1-3,5-7,9H2,(H,15,19). The lowest BCUT2D eigenvalue weighted by atomic mass is 9.97. The molecule has 1 aromatic rings. The van der Waals surface area contributed by atoms with E-state index in [1.807, 2.05) is 6.07 Å². The van der Waals surface area contributed by atoms with Crippen LogP contribution in [0.1, 0.15) is 37.9 Å². The molecule has 0 saturated heterocycles. The minimum absolute atomic E-state index is 0.0835. The number of carbonyl (C=O) groups excluding carboxylic acids is 1. The molecule has 0 fully saturated rings. The first kappa shape index (κ1) is 13.3. The molecule has 0 spiro atoms. The maximum Gasteiger partial charge on any atom is 0.252 e. The van der Waals surface area contributed by atoms with E-state index in [0.717, 1.165) is 12.8 Å². The Morgan fingerprint density at radius 2 is 2.42 bits per heavy atom. The van der Waals surface area contributed by atoms with E-state index in [2.05, 4.69) is 21.5 Å². The number of hydrogen-bond donors (Lipinski definition) is 1. The summed E-state index contributed by atoms with van der Waals surface area (Å²) in [5, 5.41) is 15.3. The topological polar surface area (TPSA) is 83.6 Å². The minimum atomic E-state index is -0.106. The van der Waals surface area contributed by atoms with E-state index in [4.69, 9.17) is 5.26 Å². The monoisotopic (exact) mass is 259 g/mol. The first-order chi connectivity index (χ1) is 9.28. The largest absolute Gasteiger partial charge is 0.354 e. The molecule has 19 heavy (non-hydrogen) atoms. The number of allylic oxidation sites excluding steroid dienone is 1. The maximum atomic E-state index is 11.6. The zero-order valence-electron chi connectivity index (χ0n) is 10.8. The Balaban J connectivity index is 1.70. The van der Waals surface area contributed by atoms with Crippen LogP contribution in [-0.4, -0.2) is 27.2 Å². The third-order valence-corrected chi connectivity index (χ3v) is 3.10. The molecule has 6 heteroatoms. The quantitative estimate of drug-likeness (QED) is 0.804. The van der Waals surface area contributed by atoms with Crippen LogP contribution < -0.4 is 5.32 Å². The third-order valence-electron chi connectivity index (χ3n) is 3.10. The number of rotatable bonds is 5. The molecule has 1 aromatic heterocycles. The molecule has 1 aliphatic carbocycles. The average Bonchev–Trinajstić information content (AvgIpc) is 2.87. The smallest absolute Gasteiger partial charge is 0.252 e. The highest BCUT2D eigenvalue weighted by molar-refractivity contribution is 5.75. The molecule has 100 valence electrons. The molecule has 2 rings (SSSR count). The lowest BCUT2D eigenvalue weighted by Crippen LogP contribution is -2.29. The van der Waals surface area contributed by atoms with Crippen LogP contribution in [0.15, 0.2) is 18.0 Å². The van der Waals surface area contributed by atoms with Crippen LogP contribution in [0.4, 0.5) is 0 Å². The third kappa shape index (κ3) is 4.21. The fraction of sp³-hybridized carbons (Fsp3) is 0.538. The van der Waals surface area contributed by atoms with Crippen LogP contribution in [0.25, 0.3) is 0 Å². The van der Waals surface area contributed by atoms with Gasteiger partial charge in [0, 0.05) is 6.54 Å². The lowest BCUT2D eigenvalue weighted by molar-refractivity contribution is -0.121. The second-order valence-corrected chi connectivity index (χ2v) is 4.59. The van der Waals surface area contributed by atoms with Crippen LogP contribution in [0.2, 0.25) is 0 Å². The minimum Gasteiger partial charge on any atom is -0.354 e. The SMILES string of the molecule is N#Cc1ncn(CC(=O)NCCC2=CCCCC2)n1. The fourth-order valence-corrected chi connectivity index (χ4v) is 2.12. The summed E-state index contributed by atoms with van der Waals surface area (Å²) in [6.07, 6.45) is 9.46. The Bertz CT molecular complexity index is 511. The van der Waals surface area contributed by atoms with Crippen molar-refractivity contribution in [1.29, 1.82) is 5.26 Å². The van der Waals surface area contributed by atoms with Crippen molar-refractivity contribution < 1.29 is 4.79 Å². The van der Waals surface area contributed by atoms with Crippen molar-refractivity contribution in [3.8, 4) is 6.07 Å². The van der Waals surface area contributed by atoms with Crippen LogP contribution in [-0.2, 0) is 11.3 Å². The van der Waals surface area contributed by atoms with Crippen LogP contribution >= 0.6 is 0 Å². The van der Waals surface area contributed by atoms with Gasteiger partial charge in [0.2, 0.25) is 5.91 Å². The molecule has 0 atom stereocenters. The van der Waals surface area contributed by atoms with Gasteiger partial charge in [-0.3, -0.25) is 4.79 Å². The number of aromatic nitrogens is 3. The van der Waals surface area contributed by atoms with Crippen LogP contribution in [0.3, 0.4) is 0 Å². The van der Waals surface area contributed by atoms with Crippen molar-refractivity contribution in [2.75, 3.05) is 6.54 Å². The molecule has 0 saturated carbocycles. The number of nitriles is 1. The molecule has 1 heterocycles. The van der Waals surface area contributed by atoms with Crippen molar-refractivity contribution >= 4 is 5.91 Å². The van der Waals surface area contributed by atoms with Crippen molar-refractivity contribution in [2.45, 2.75) is 38.6 Å². The van der Waals surface area contributed by atoms with Crippen molar-refractivity contribution in [1.82, 2.24) is 20.1 Å². The molecule has 1 aliphatic rings. The average molecular weight is 259 g/mol. The number of amides is 1. The molecule has 1 N–H and O–H groups in total. The fourth-order valence-electron chi connectivity index (χ4n) is 2.12. The first-order valence-corrected chi connectivity index (χ1v) is 6.52. The molecular weight excluding hydrogens is 242 g/mol. The highest BCUT2D eigenvalue weighted by Crippen LogP contribution is 2.19. The van der Waals surface area contributed by atoms with Gasteiger partial charge in [0.05, 0.1) is 0 Å². The number of nitrogens with zero attached hydrogens (tertiary/aromatic N) is 4. The Labute approximate surface area is 112 Å². The summed E-state index contributed by atoms with van der Waals surface area (Å²) in [5.74, 6) is -0.0223. The maximum absolute atomic E-state index is 11.6. The number of nitrogens with one attached hydrogen (secondary N) is 1. The molecule has 0 aromatic carbocycles. The van der Waals surface area contributed by atoms with E-state index in [1.54, 1.807) is 0 Å². The van der Waals surface area contributed by atoms with Gasteiger partial charge >= 0.3 is 0 Å². The van der Waals surface area contributed by atoms with E-state index >= 15 is 0 Å². The second-order valence-electron chi connectivity index (χ2n) is 4.59. The molecule has 6 nitrogen and oxygen atoms in total. The second kappa shape index (κ2) is 6.69. The first-order valence-electron chi connectivity index (χ1n) is 6.52. The van der Waals surface area contributed by atoms with E-state index in [1.165, 1.54) is 35.8 Å². The molecule has 0 bridgehead atoms. The summed E-state index contributed by atoms with van der Waals surface area (Å²) in [6.45, 7) is 0.762. The van der Waals surface area contributed by atoms with Crippen LogP contribution in [0.5, 0.6) is 0 Å². The summed E-state index contributed by atoms with van der Waals surface area (Å²) in [7, 11) is 0. The Morgan fingerprint density at radius 1 is 1.53 bits per heavy atom. The van der Waals surface area contributed by atoms with Crippen molar-refractivity contribution in [3.63, 3.8) is 0 Å². The summed E-state index contributed by atoms with van der Waals surface area (Å²) < 4.78 is 1.37. The summed E-state index contributed by atoms with van der Waals surface area (Å²) in [5.41, 5.74) is 1.44. The number of carbonyl (C=O) groups is 1. The van der Waals surface area contributed by atoms with Gasteiger partial charge in [-0.15, -0.1) is 5.10 Å². The molecule has 0 radical (unpaired) electrons. The highest BCUT2D eigenvalue weighted by atomic mass is 16.2. The Morgan fingerprint density at radius 3 is 3.11 bits per heavy atom. The van der Waals surface area contributed by atoms with Crippen molar-refractivity contribution in [3.05, 3.63) is 23.8 Å². The highest BCUT2D eigenvalue weighted by Gasteiger charge is 2.07. The number of hydrogen-bond acceptors (Lipinski definition) is 4. The Hall–Kier alpha value is -2.16.